The second-order valence-corrected chi connectivity index (χ2v) is 5.42. The van der Waals surface area contributed by atoms with Crippen molar-refractivity contribution in [2.45, 2.75) is 17.9 Å². The molecule has 2 aromatic rings. The minimum Gasteiger partial charge on any atom is -0.466 e. The Morgan fingerprint density at radius 3 is 2.68 bits per heavy atom. The summed E-state index contributed by atoms with van der Waals surface area (Å²) in [6.07, 6.45) is -1.19. The lowest BCUT2D eigenvalue weighted by molar-refractivity contribution is -0.154. The Bertz CT molecular complexity index is 758. The van der Waals surface area contributed by atoms with Crippen LogP contribution in [0.15, 0.2) is 23.5 Å². The molecule has 0 aliphatic rings. The molecule has 2 rings (SSSR count). The number of hydrogen-bond donors (Lipinski definition) is 1. The average molecular weight is 376 g/mol. The van der Waals surface area contributed by atoms with E-state index in [9.17, 15) is 22.4 Å². The Labute approximate surface area is 144 Å². The third-order valence-electron chi connectivity index (χ3n) is 2.78. The van der Waals surface area contributed by atoms with Crippen LogP contribution in [0.25, 0.3) is 11.3 Å². The molecular weight excluding hydrogens is 364 g/mol. The first-order valence-electron chi connectivity index (χ1n) is 6.77. The summed E-state index contributed by atoms with van der Waals surface area (Å²) in [6, 6.07) is 2.49. The van der Waals surface area contributed by atoms with E-state index in [1.165, 1.54) is 17.8 Å². The highest BCUT2D eigenvalue weighted by Crippen LogP contribution is 2.25. The van der Waals surface area contributed by atoms with Crippen molar-refractivity contribution in [1.82, 2.24) is 20.3 Å². The van der Waals surface area contributed by atoms with Gasteiger partial charge in [-0.2, -0.15) is 13.2 Å². The van der Waals surface area contributed by atoms with Crippen molar-refractivity contribution < 1.29 is 27.1 Å². The Kier molecular flexibility index (Phi) is 6.12. The van der Waals surface area contributed by atoms with Crippen LogP contribution in [-0.2, 0) is 11.3 Å². The van der Waals surface area contributed by atoms with Crippen molar-refractivity contribution in [3.05, 3.63) is 29.8 Å². The zero-order valence-corrected chi connectivity index (χ0v) is 13.6. The lowest BCUT2D eigenvalue weighted by Gasteiger charge is -2.10. The van der Waals surface area contributed by atoms with Gasteiger partial charge in [-0.25, -0.2) is 19.3 Å². The van der Waals surface area contributed by atoms with E-state index in [1.807, 2.05) is 0 Å². The Hall–Kier alpha value is -2.43. The fourth-order valence-electron chi connectivity index (χ4n) is 1.77. The van der Waals surface area contributed by atoms with Gasteiger partial charge in [-0.15, -0.1) is 0 Å². The molecule has 2 heterocycles. The van der Waals surface area contributed by atoms with Crippen LogP contribution in [0.5, 0.6) is 5.88 Å². The number of hydrogen-bond acceptors (Lipinski definition) is 6. The number of halogens is 4. The molecule has 25 heavy (non-hydrogen) atoms. The van der Waals surface area contributed by atoms with Gasteiger partial charge in [-0.1, -0.05) is 11.8 Å². The largest absolute Gasteiger partial charge is 0.466 e. The third kappa shape index (κ3) is 5.55. The Morgan fingerprint density at radius 2 is 2.08 bits per heavy atom. The van der Waals surface area contributed by atoms with Crippen LogP contribution in [0.1, 0.15) is 5.69 Å². The average Bonchev–Trinajstić information content (AvgIpc) is 2.57. The highest BCUT2D eigenvalue weighted by atomic mass is 32.2. The van der Waals surface area contributed by atoms with E-state index in [4.69, 9.17) is 0 Å². The number of rotatable bonds is 7. The standard InChI is InChI=1S/C14H12F4N4O2S/c1-25-13-21-9(5-19-7-23)3-11(22-13)8-2-10(15)12(20-4-8)24-6-14(16,17)18/h2-4,7H,5-6H2,1H3,(H,19,23). The predicted molar refractivity (Wildman–Crippen MR) is 81.5 cm³/mol. The molecule has 0 atom stereocenters. The molecule has 0 unspecified atom stereocenters. The van der Waals surface area contributed by atoms with Crippen LogP contribution in [0.3, 0.4) is 0 Å². The van der Waals surface area contributed by atoms with Crippen LogP contribution < -0.4 is 10.1 Å². The molecule has 0 saturated carbocycles. The second-order valence-electron chi connectivity index (χ2n) is 4.64. The number of aromatic nitrogens is 3. The maximum atomic E-state index is 13.9. The van der Waals surface area contributed by atoms with Crippen LogP contribution >= 0.6 is 11.8 Å². The number of nitrogens with zero attached hydrogens (tertiary/aromatic N) is 3. The summed E-state index contributed by atoms with van der Waals surface area (Å²) in [7, 11) is 0. The van der Waals surface area contributed by atoms with Gasteiger partial charge < -0.3 is 10.1 Å². The quantitative estimate of drug-likeness (QED) is 0.346. The second kappa shape index (κ2) is 8.10. The maximum Gasteiger partial charge on any atom is 0.422 e. The van der Waals surface area contributed by atoms with Gasteiger partial charge in [0.15, 0.2) is 17.6 Å². The number of alkyl halides is 3. The van der Waals surface area contributed by atoms with Gasteiger partial charge in [0.05, 0.1) is 17.9 Å². The third-order valence-corrected chi connectivity index (χ3v) is 3.33. The van der Waals surface area contributed by atoms with Gasteiger partial charge in [0, 0.05) is 11.8 Å². The van der Waals surface area contributed by atoms with Gasteiger partial charge >= 0.3 is 6.18 Å². The summed E-state index contributed by atoms with van der Waals surface area (Å²) in [4.78, 5) is 22.3. The molecule has 0 aromatic carbocycles. The molecule has 0 aliphatic heterocycles. The highest BCUT2D eigenvalue weighted by Gasteiger charge is 2.29. The van der Waals surface area contributed by atoms with Gasteiger partial charge in [0.1, 0.15) is 0 Å². The van der Waals surface area contributed by atoms with Crippen molar-refractivity contribution in [2.75, 3.05) is 12.9 Å². The topological polar surface area (TPSA) is 77.0 Å². The Balaban J connectivity index is 2.28. The first-order valence-corrected chi connectivity index (χ1v) is 7.99. The molecule has 6 nitrogen and oxygen atoms in total. The lowest BCUT2D eigenvalue weighted by atomic mass is 10.2. The summed E-state index contributed by atoms with van der Waals surface area (Å²) < 4.78 is 54.6. The molecule has 1 amide bonds. The van der Waals surface area contributed by atoms with Crippen LogP contribution in [0.2, 0.25) is 0 Å². The molecule has 0 radical (unpaired) electrons. The zero-order valence-electron chi connectivity index (χ0n) is 12.8. The molecule has 0 fully saturated rings. The van der Waals surface area contributed by atoms with Crippen molar-refractivity contribution in [2.24, 2.45) is 0 Å². The minimum absolute atomic E-state index is 0.148. The van der Waals surface area contributed by atoms with Crippen LogP contribution in [-0.4, -0.2) is 40.4 Å². The van der Waals surface area contributed by atoms with Crippen molar-refractivity contribution in [3.8, 4) is 17.1 Å². The van der Waals surface area contributed by atoms with Crippen LogP contribution in [0, 0.1) is 5.82 Å². The number of amides is 1. The molecule has 0 saturated heterocycles. The van der Waals surface area contributed by atoms with Gasteiger partial charge in [-0.05, 0) is 18.4 Å². The predicted octanol–water partition coefficient (Wildman–Crippen LogP) is 2.59. The number of carbonyl (C=O) groups is 1. The molecule has 0 aliphatic carbocycles. The molecule has 0 bridgehead atoms. The number of carbonyl (C=O) groups excluding carboxylic acids is 1. The van der Waals surface area contributed by atoms with E-state index in [0.29, 0.717) is 23.0 Å². The van der Waals surface area contributed by atoms with Gasteiger partial charge in [-0.3, -0.25) is 4.79 Å². The van der Waals surface area contributed by atoms with E-state index in [0.717, 1.165) is 12.3 Å². The molecule has 1 N–H and O–H groups in total. The molecule has 0 spiro atoms. The minimum atomic E-state index is -4.59. The van der Waals surface area contributed by atoms with E-state index in [2.05, 4.69) is 25.0 Å². The van der Waals surface area contributed by atoms with Crippen molar-refractivity contribution in [1.29, 1.82) is 0 Å². The maximum absolute atomic E-state index is 13.9. The molecule has 11 heteroatoms. The van der Waals surface area contributed by atoms with E-state index >= 15 is 0 Å². The first-order chi connectivity index (χ1) is 11.8. The summed E-state index contributed by atoms with van der Waals surface area (Å²) >= 11 is 1.24. The van der Waals surface area contributed by atoms with Gasteiger partial charge in [0.25, 0.3) is 5.88 Å². The summed E-state index contributed by atoms with van der Waals surface area (Å²) in [5, 5.41) is 2.84. The van der Waals surface area contributed by atoms with E-state index in [-0.39, 0.29) is 12.1 Å². The molecule has 134 valence electrons. The first kappa shape index (κ1) is 18.9. The molecule has 2 aromatic heterocycles. The summed E-state index contributed by atoms with van der Waals surface area (Å²) in [6.45, 7) is -1.49. The lowest BCUT2D eigenvalue weighted by Crippen LogP contribution is -2.20. The van der Waals surface area contributed by atoms with E-state index < -0.39 is 24.5 Å². The number of ether oxygens (including phenoxy) is 1. The van der Waals surface area contributed by atoms with Crippen molar-refractivity contribution in [3.63, 3.8) is 0 Å². The number of nitrogens with one attached hydrogen (secondary N) is 1. The summed E-state index contributed by atoms with van der Waals surface area (Å²) in [5.74, 6) is -1.79. The fourth-order valence-corrected chi connectivity index (χ4v) is 2.17. The highest BCUT2D eigenvalue weighted by molar-refractivity contribution is 7.98. The smallest absolute Gasteiger partial charge is 0.422 e. The number of pyridine rings is 1. The summed E-state index contributed by atoms with van der Waals surface area (Å²) in [5.41, 5.74) is 1.04. The SMILES string of the molecule is CSc1nc(CNC=O)cc(-c2cnc(OCC(F)(F)F)c(F)c2)n1. The van der Waals surface area contributed by atoms with Crippen molar-refractivity contribution >= 4 is 18.2 Å². The van der Waals surface area contributed by atoms with E-state index in [1.54, 1.807) is 6.26 Å². The molecular formula is C14H12F4N4O2S. The normalized spacial score (nSPS) is 11.2. The van der Waals surface area contributed by atoms with Crippen LogP contribution in [0.4, 0.5) is 17.6 Å². The van der Waals surface area contributed by atoms with Gasteiger partial charge in [0.2, 0.25) is 6.41 Å². The Morgan fingerprint density at radius 1 is 1.32 bits per heavy atom. The number of thioether (sulfide) groups is 1. The fraction of sp³-hybridized carbons (Fsp3) is 0.286. The zero-order chi connectivity index (χ0) is 18.4. The monoisotopic (exact) mass is 376 g/mol.